The van der Waals surface area contributed by atoms with Gasteiger partial charge >= 0.3 is 0 Å². The summed E-state index contributed by atoms with van der Waals surface area (Å²) in [7, 11) is -5.89. The van der Waals surface area contributed by atoms with Gasteiger partial charge in [0, 0.05) is 23.0 Å². The molecule has 6 nitrogen and oxygen atoms in total. The molecule has 1 aliphatic heterocycles. The van der Waals surface area contributed by atoms with Crippen LogP contribution in [0, 0.1) is 0 Å². The molecule has 0 unspecified atom stereocenters. The van der Waals surface area contributed by atoms with Gasteiger partial charge in [-0.25, -0.2) is 15.0 Å². The Morgan fingerprint density at radius 3 is 1.83 bits per heavy atom. The van der Waals surface area contributed by atoms with Crippen LogP contribution < -0.4 is 35.9 Å². The van der Waals surface area contributed by atoms with E-state index in [4.69, 9.17) is 14.7 Å². The van der Waals surface area contributed by atoms with E-state index in [0.29, 0.717) is 0 Å². The first-order chi connectivity index (χ1) is 34.0. The lowest BCUT2D eigenvalue weighted by molar-refractivity contribution is 0.490. The van der Waals surface area contributed by atoms with Gasteiger partial charge in [-0.3, -0.25) is 8.97 Å². The molecule has 0 spiro atoms. The number of ether oxygens (including phenoxy) is 1. The van der Waals surface area contributed by atoms with E-state index >= 15 is 0 Å². The highest BCUT2D eigenvalue weighted by Crippen LogP contribution is 2.46. The van der Waals surface area contributed by atoms with Crippen molar-refractivity contribution < 1.29 is 4.74 Å². The van der Waals surface area contributed by atoms with Crippen molar-refractivity contribution in [3.8, 4) is 61.8 Å². The van der Waals surface area contributed by atoms with E-state index < -0.39 is 16.1 Å². The fourth-order valence-electron chi connectivity index (χ4n) is 11.7. The Labute approximate surface area is 401 Å². The van der Waals surface area contributed by atoms with E-state index in [2.05, 4.69) is 239 Å². The van der Waals surface area contributed by atoms with Gasteiger partial charge in [0.2, 0.25) is 5.78 Å². The van der Waals surface area contributed by atoms with Gasteiger partial charge in [-0.2, -0.15) is 0 Å². The summed E-state index contributed by atoms with van der Waals surface area (Å²) in [4.78, 5) is 15.1. The van der Waals surface area contributed by atoms with Gasteiger partial charge in [0.15, 0.2) is 8.07 Å². The molecule has 0 atom stereocenters. The fourth-order valence-corrected chi connectivity index (χ4v) is 19.6. The fraction of sp³-hybridized carbons (Fsp3) is 0.0328. The Hall–Kier alpha value is -8.44. The second kappa shape index (κ2) is 15.0. The van der Waals surface area contributed by atoms with Crippen molar-refractivity contribution >= 4 is 75.1 Å². The number of nitrogens with zero attached hydrogens (tertiary/aromatic N) is 5. The molecule has 3 aromatic heterocycles. The van der Waals surface area contributed by atoms with Crippen LogP contribution in [-0.4, -0.2) is 40.1 Å². The van der Waals surface area contributed by atoms with Crippen LogP contribution in [0.25, 0.3) is 78.2 Å². The SMILES string of the molecule is C[Si]1(C)c2ccccc2Oc2c1cc(-n1c3ccccc3n3c4ccccc4nc13)cc2[Si](c1ccccc1)(c1ccccc1)c1ccc2c(c1)-c1ccccc1-c1ccccc1-c1ncncc1-2. The van der Waals surface area contributed by atoms with Crippen LogP contribution in [0.3, 0.4) is 0 Å². The third-order valence-corrected chi connectivity index (χ3v) is 23.1. The highest BCUT2D eigenvalue weighted by atomic mass is 28.3. The minimum Gasteiger partial charge on any atom is -0.458 e. The zero-order chi connectivity index (χ0) is 45.8. The van der Waals surface area contributed by atoms with Crippen molar-refractivity contribution in [3.05, 3.63) is 225 Å². The van der Waals surface area contributed by atoms with E-state index in [0.717, 1.165) is 78.5 Å². The summed E-state index contributed by atoms with van der Waals surface area (Å²) in [6.07, 6.45) is 3.66. The summed E-state index contributed by atoms with van der Waals surface area (Å²) in [5.74, 6) is 2.79. The highest BCUT2D eigenvalue weighted by molar-refractivity contribution is 7.20. The second-order valence-corrected chi connectivity index (χ2v) is 26.9. The Bertz CT molecular complexity index is 4000. The molecular weight excluding hydrogens is 875 g/mol. The molecule has 8 heteroatoms. The lowest BCUT2D eigenvalue weighted by Gasteiger charge is -2.40. The van der Waals surface area contributed by atoms with Crippen LogP contribution >= 0.6 is 0 Å². The first kappa shape index (κ1) is 39.7. The Kier molecular flexibility index (Phi) is 8.65. The third-order valence-electron chi connectivity index (χ3n) is 14.8. The summed E-state index contributed by atoms with van der Waals surface area (Å²) in [5.41, 5.74) is 14.1. The summed E-state index contributed by atoms with van der Waals surface area (Å²) < 4.78 is 12.2. The third kappa shape index (κ3) is 5.67. The smallest absolute Gasteiger partial charge is 0.220 e. The van der Waals surface area contributed by atoms with E-state index in [-0.39, 0.29) is 0 Å². The number of aromatic nitrogens is 5. The maximum atomic E-state index is 7.52. The van der Waals surface area contributed by atoms with E-state index in [1.165, 1.54) is 42.2 Å². The van der Waals surface area contributed by atoms with Crippen molar-refractivity contribution in [3.63, 3.8) is 0 Å². The number of hydrogen-bond donors (Lipinski definition) is 0. The van der Waals surface area contributed by atoms with E-state index in [1.807, 2.05) is 6.20 Å². The molecule has 2 aliphatic rings. The molecule has 0 bridgehead atoms. The minimum atomic E-state index is -3.42. The first-order valence-corrected chi connectivity index (χ1v) is 28.6. The molecule has 69 heavy (non-hydrogen) atoms. The largest absolute Gasteiger partial charge is 0.458 e. The van der Waals surface area contributed by atoms with Crippen molar-refractivity contribution in [2.75, 3.05) is 0 Å². The zero-order valence-electron chi connectivity index (χ0n) is 38.0. The van der Waals surface area contributed by atoms with Gasteiger partial charge in [-0.05, 0) is 101 Å². The van der Waals surface area contributed by atoms with Gasteiger partial charge in [-0.1, -0.05) is 183 Å². The van der Waals surface area contributed by atoms with Gasteiger partial charge < -0.3 is 4.74 Å². The van der Waals surface area contributed by atoms with Crippen LogP contribution in [-0.2, 0) is 0 Å². The first-order valence-electron chi connectivity index (χ1n) is 23.6. The Morgan fingerprint density at radius 2 is 1.07 bits per heavy atom. The maximum Gasteiger partial charge on any atom is 0.220 e. The second-order valence-electron chi connectivity index (χ2n) is 18.8. The number of rotatable bonds is 5. The van der Waals surface area contributed by atoms with Crippen LogP contribution in [0.2, 0.25) is 13.1 Å². The molecular formula is C61H43N5OSi2. The Balaban J connectivity index is 1.15. The molecule has 0 N–H and O–H groups in total. The number of fused-ring (bicyclic) bond motifs is 15. The lowest BCUT2D eigenvalue weighted by atomic mass is 9.83. The van der Waals surface area contributed by atoms with Crippen LogP contribution in [0.1, 0.15) is 0 Å². The normalized spacial score (nSPS) is 13.3. The predicted molar refractivity (Wildman–Crippen MR) is 287 cm³/mol. The number of benzene rings is 9. The molecule has 0 saturated carbocycles. The standard InChI is InChI=1S/C61H43N5OSi2/c1-68(2)56-32-18-17-31-55(56)67-60-57(68)35-40(65-53-29-15-16-30-54(53)66-52-28-14-13-27-51(52)64-61(65)66)36-58(60)69(41-19-5-3-6-20-41,42-21-7-4-8-22-42)43-33-34-47-49(37-43)46-25-10-9-23-44(46)45-24-11-12-26-48(45)59-50(47)38-62-39-63-59/h3-39H,1-2H3. The molecule has 4 heterocycles. The lowest BCUT2D eigenvalue weighted by Crippen LogP contribution is -2.76. The van der Waals surface area contributed by atoms with E-state index in [9.17, 15) is 0 Å². The van der Waals surface area contributed by atoms with Crippen molar-refractivity contribution in [1.29, 1.82) is 0 Å². The highest BCUT2D eigenvalue weighted by Gasteiger charge is 2.48. The molecule has 0 radical (unpaired) electrons. The van der Waals surface area contributed by atoms with Crippen LogP contribution in [0.5, 0.6) is 11.5 Å². The molecule has 9 aromatic carbocycles. The van der Waals surface area contributed by atoms with Gasteiger partial charge in [0.25, 0.3) is 0 Å². The Morgan fingerprint density at radius 1 is 0.478 bits per heavy atom. The monoisotopic (exact) mass is 917 g/mol. The molecule has 0 fully saturated rings. The molecule has 12 aromatic rings. The average Bonchev–Trinajstić information content (AvgIpc) is 3.94. The minimum absolute atomic E-state index is 0.880. The van der Waals surface area contributed by atoms with Crippen LogP contribution in [0.4, 0.5) is 0 Å². The topological polar surface area (TPSA) is 57.2 Å². The molecule has 14 rings (SSSR count). The number of imidazole rings is 2. The van der Waals surface area contributed by atoms with Crippen molar-refractivity contribution in [2.45, 2.75) is 13.1 Å². The molecule has 0 amide bonds. The summed E-state index contributed by atoms with van der Waals surface area (Å²) in [5, 5.41) is 7.53. The summed E-state index contributed by atoms with van der Waals surface area (Å²) in [6.45, 7) is 4.98. The average molecular weight is 918 g/mol. The van der Waals surface area contributed by atoms with Gasteiger partial charge in [0.1, 0.15) is 25.9 Å². The zero-order valence-corrected chi connectivity index (χ0v) is 40.0. The van der Waals surface area contributed by atoms with Gasteiger partial charge in [-0.15, -0.1) is 0 Å². The predicted octanol–water partition coefficient (Wildman–Crippen LogP) is 10.5. The van der Waals surface area contributed by atoms with Crippen molar-refractivity contribution in [1.82, 2.24) is 23.9 Å². The molecule has 0 saturated heterocycles. The number of para-hydroxylation sites is 5. The maximum absolute atomic E-state index is 7.52. The van der Waals surface area contributed by atoms with Crippen molar-refractivity contribution in [2.24, 2.45) is 0 Å². The quantitative estimate of drug-likeness (QED) is 0.128. The van der Waals surface area contributed by atoms with Gasteiger partial charge in [0.05, 0.1) is 27.8 Å². The molecule has 1 aliphatic carbocycles. The summed E-state index contributed by atoms with van der Waals surface area (Å²) >= 11 is 0. The number of hydrogen-bond acceptors (Lipinski definition) is 4. The molecule has 326 valence electrons. The summed E-state index contributed by atoms with van der Waals surface area (Å²) in [6, 6.07) is 78.1. The van der Waals surface area contributed by atoms with Crippen LogP contribution in [0.15, 0.2) is 225 Å². The van der Waals surface area contributed by atoms with E-state index in [1.54, 1.807) is 6.33 Å².